The number of aliphatic hydroxyl groups excluding tert-OH is 1. The maximum absolute atomic E-state index is 11.7. The van der Waals surface area contributed by atoms with Crippen LogP contribution in [-0.2, 0) is 30.4 Å². The largest absolute Gasteiger partial charge is 0.467 e. The number of nitrogens with one attached hydrogen (secondary N) is 1. The highest BCUT2D eigenvalue weighted by Crippen LogP contribution is 2.03. The van der Waals surface area contributed by atoms with Crippen LogP contribution in [0.3, 0.4) is 0 Å². The molecule has 0 saturated carbocycles. The van der Waals surface area contributed by atoms with Crippen molar-refractivity contribution in [1.29, 1.82) is 0 Å². The summed E-state index contributed by atoms with van der Waals surface area (Å²) in [5.41, 5.74) is 0.737. The van der Waals surface area contributed by atoms with Gasteiger partial charge in [-0.15, -0.1) is 0 Å². The summed E-state index contributed by atoms with van der Waals surface area (Å²) < 4.78 is 13.6. The first-order chi connectivity index (χ1) is 10.5. The van der Waals surface area contributed by atoms with Gasteiger partial charge in [0.2, 0.25) is 0 Å². The third-order valence-corrected chi connectivity index (χ3v) is 2.70. The van der Waals surface area contributed by atoms with Crippen molar-refractivity contribution < 1.29 is 33.7 Å². The topological polar surface area (TPSA) is 111 Å². The number of methoxy groups -OCH3 is 2. The zero-order valence-corrected chi connectivity index (χ0v) is 12.1. The van der Waals surface area contributed by atoms with E-state index in [9.17, 15) is 19.5 Å². The number of alkyl carbamates (subject to hydrolysis) is 1. The van der Waals surface area contributed by atoms with E-state index in [1.165, 1.54) is 0 Å². The maximum atomic E-state index is 11.7. The van der Waals surface area contributed by atoms with E-state index in [1.807, 2.05) is 6.07 Å². The fourth-order valence-electron chi connectivity index (χ4n) is 1.54. The van der Waals surface area contributed by atoms with Crippen LogP contribution in [0.25, 0.3) is 0 Å². The molecular weight excluding hydrogens is 294 g/mol. The van der Waals surface area contributed by atoms with Gasteiger partial charge in [0.25, 0.3) is 0 Å². The lowest BCUT2D eigenvalue weighted by Crippen LogP contribution is -2.52. The summed E-state index contributed by atoms with van der Waals surface area (Å²) in [6.07, 6.45) is -2.89. The Balaban J connectivity index is 2.63. The van der Waals surface area contributed by atoms with E-state index in [2.05, 4.69) is 14.8 Å². The molecule has 0 aliphatic rings. The second-order valence-electron chi connectivity index (χ2n) is 4.17. The molecule has 0 saturated heterocycles. The first-order valence-electron chi connectivity index (χ1n) is 6.30. The molecule has 1 rings (SSSR count). The zero-order chi connectivity index (χ0) is 16.5. The van der Waals surface area contributed by atoms with Gasteiger partial charge in [0.05, 0.1) is 14.2 Å². The highest BCUT2D eigenvalue weighted by Gasteiger charge is 2.35. The summed E-state index contributed by atoms with van der Waals surface area (Å²) in [4.78, 5) is 34.4. The second kappa shape index (κ2) is 8.63. The van der Waals surface area contributed by atoms with Gasteiger partial charge in [-0.2, -0.15) is 0 Å². The molecule has 8 heteroatoms. The number of carbonyl (C=O) groups is 3. The minimum atomic E-state index is -1.90. The third-order valence-electron chi connectivity index (χ3n) is 2.70. The number of amides is 1. The average molecular weight is 311 g/mol. The Morgan fingerprint density at radius 2 is 1.68 bits per heavy atom. The minimum absolute atomic E-state index is 0.0329. The van der Waals surface area contributed by atoms with E-state index >= 15 is 0 Å². The van der Waals surface area contributed by atoms with Crippen molar-refractivity contribution in [2.24, 2.45) is 0 Å². The summed E-state index contributed by atoms with van der Waals surface area (Å²) in [6.45, 7) is -0.0329. The highest BCUT2D eigenvalue weighted by molar-refractivity contribution is 5.89. The standard InChI is InChI=1S/C14H17NO7/c1-20-12(17)10(11(16)13(18)21-2)15-14(19)22-8-9-6-4-3-5-7-9/h3-7,10-11,16H,8H2,1-2H3,(H,15,19)/t10-,11?/m0/s1. The van der Waals surface area contributed by atoms with Gasteiger partial charge in [0, 0.05) is 0 Å². The molecule has 1 aromatic rings. The Morgan fingerprint density at radius 3 is 2.23 bits per heavy atom. The van der Waals surface area contributed by atoms with E-state index in [1.54, 1.807) is 24.3 Å². The van der Waals surface area contributed by atoms with Gasteiger partial charge in [0.15, 0.2) is 12.1 Å². The molecule has 2 atom stereocenters. The first-order valence-corrected chi connectivity index (χ1v) is 6.30. The van der Waals surface area contributed by atoms with Crippen molar-refractivity contribution in [3.63, 3.8) is 0 Å². The summed E-state index contributed by atoms with van der Waals surface area (Å²) >= 11 is 0. The van der Waals surface area contributed by atoms with Gasteiger partial charge < -0.3 is 24.6 Å². The van der Waals surface area contributed by atoms with E-state index < -0.39 is 30.2 Å². The van der Waals surface area contributed by atoms with Gasteiger partial charge in [-0.05, 0) is 5.56 Å². The van der Waals surface area contributed by atoms with Crippen molar-refractivity contribution in [2.75, 3.05) is 14.2 Å². The number of hydrogen-bond acceptors (Lipinski definition) is 7. The van der Waals surface area contributed by atoms with Gasteiger partial charge in [-0.25, -0.2) is 14.4 Å². The van der Waals surface area contributed by atoms with E-state index in [0.29, 0.717) is 0 Å². The number of esters is 2. The molecule has 0 radical (unpaired) electrons. The maximum Gasteiger partial charge on any atom is 0.408 e. The second-order valence-corrected chi connectivity index (χ2v) is 4.17. The van der Waals surface area contributed by atoms with Crippen LogP contribution in [-0.4, -0.2) is 49.5 Å². The minimum Gasteiger partial charge on any atom is -0.467 e. The molecule has 0 spiro atoms. The zero-order valence-electron chi connectivity index (χ0n) is 12.1. The molecule has 0 aliphatic carbocycles. The van der Waals surface area contributed by atoms with Crippen LogP contribution in [0.4, 0.5) is 4.79 Å². The van der Waals surface area contributed by atoms with Crippen LogP contribution in [0, 0.1) is 0 Å². The fourth-order valence-corrected chi connectivity index (χ4v) is 1.54. The molecule has 1 unspecified atom stereocenters. The average Bonchev–Trinajstić information content (AvgIpc) is 2.56. The Labute approximate surface area is 127 Å². The number of hydrogen-bond donors (Lipinski definition) is 2. The number of aliphatic hydroxyl groups is 1. The summed E-state index contributed by atoms with van der Waals surface area (Å²) in [6, 6.07) is 7.22. The fraction of sp³-hybridized carbons (Fsp3) is 0.357. The van der Waals surface area contributed by atoms with Crippen LogP contribution in [0.5, 0.6) is 0 Å². The van der Waals surface area contributed by atoms with E-state index in [4.69, 9.17) is 4.74 Å². The first kappa shape index (κ1) is 17.4. The van der Waals surface area contributed by atoms with Crippen molar-refractivity contribution in [3.05, 3.63) is 35.9 Å². The Morgan fingerprint density at radius 1 is 1.09 bits per heavy atom. The van der Waals surface area contributed by atoms with Gasteiger partial charge in [-0.1, -0.05) is 30.3 Å². The summed E-state index contributed by atoms with van der Waals surface area (Å²) in [5.74, 6) is -2.09. The van der Waals surface area contributed by atoms with Crippen molar-refractivity contribution >= 4 is 18.0 Å². The Hall–Kier alpha value is -2.61. The van der Waals surface area contributed by atoms with Gasteiger partial charge >= 0.3 is 18.0 Å². The van der Waals surface area contributed by atoms with Crippen LogP contribution in [0.15, 0.2) is 30.3 Å². The molecule has 1 aromatic carbocycles. The molecule has 8 nitrogen and oxygen atoms in total. The lowest BCUT2D eigenvalue weighted by molar-refractivity contribution is -0.159. The predicted molar refractivity (Wildman–Crippen MR) is 73.6 cm³/mol. The molecule has 0 fully saturated rings. The number of ether oxygens (including phenoxy) is 3. The van der Waals surface area contributed by atoms with Gasteiger partial charge in [0.1, 0.15) is 6.61 Å². The number of rotatable bonds is 6. The monoisotopic (exact) mass is 311 g/mol. The molecule has 1 amide bonds. The molecule has 22 heavy (non-hydrogen) atoms. The smallest absolute Gasteiger partial charge is 0.408 e. The molecule has 0 aliphatic heterocycles. The molecule has 0 aromatic heterocycles. The number of carbonyl (C=O) groups excluding carboxylic acids is 3. The Bertz CT molecular complexity index is 517. The quantitative estimate of drug-likeness (QED) is 0.561. The highest BCUT2D eigenvalue weighted by atomic mass is 16.6. The number of benzene rings is 1. The van der Waals surface area contributed by atoms with Crippen LogP contribution >= 0.6 is 0 Å². The molecule has 0 heterocycles. The SMILES string of the molecule is COC(=O)C(O)[C@H](NC(=O)OCc1ccccc1)C(=O)OC. The Kier molecular flexibility index (Phi) is 6.84. The van der Waals surface area contributed by atoms with Crippen LogP contribution < -0.4 is 5.32 Å². The van der Waals surface area contributed by atoms with Crippen LogP contribution in [0.2, 0.25) is 0 Å². The molecular formula is C14H17NO7. The molecule has 120 valence electrons. The van der Waals surface area contributed by atoms with Crippen LogP contribution in [0.1, 0.15) is 5.56 Å². The summed E-state index contributed by atoms with van der Waals surface area (Å²) in [7, 11) is 2.09. The molecule has 2 N–H and O–H groups in total. The molecule has 0 bridgehead atoms. The van der Waals surface area contributed by atoms with E-state index in [-0.39, 0.29) is 6.61 Å². The van der Waals surface area contributed by atoms with E-state index in [0.717, 1.165) is 19.8 Å². The lowest BCUT2D eigenvalue weighted by Gasteiger charge is -2.19. The van der Waals surface area contributed by atoms with Crippen molar-refractivity contribution in [1.82, 2.24) is 5.32 Å². The lowest BCUT2D eigenvalue weighted by atomic mass is 10.1. The third kappa shape index (κ3) is 5.06. The van der Waals surface area contributed by atoms with Crippen molar-refractivity contribution in [2.45, 2.75) is 18.8 Å². The predicted octanol–water partition coefficient (Wildman–Crippen LogP) is -0.0117. The normalized spacial score (nSPS) is 12.7. The summed E-state index contributed by atoms with van der Waals surface area (Å²) in [5, 5.41) is 11.7. The van der Waals surface area contributed by atoms with Gasteiger partial charge in [-0.3, -0.25) is 0 Å². The van der Waals surface area contributed by atoms with Crippen molar-refractivity contribution in [3.8, 4) is 0 Å².